The molecule has 1 aliphatic carbocycles. The van der Waals surface area contributed by atoms with Gasteiger partial charge in [0.05, 0.1) is 23.9 Å². The van der Waals surface area contributed by atoms with Gasteiger partial charge in [0.2, 0.25) is 0 Å². The second kappa shape index (κ2) is 5.89. The summed E-state index contributed by atoms with van der Waals surface area (Å²) >= 11 is 0. The summed E-state index contributed by atoms with van der Waals surface area (Å²) in [4.78, 5) is 2.42. The minimum absolute atomic E-state index is 0.379. The molecule has 1 fully saturated rings. The average molecular weight is 301 g/mol. The fraction of sp³-hybridized carbons (Fsp3) is 0.588. The highest BCUT2D eigenvalue weighted by Crippen LogP contribution is 2.37. The predicted octanol–water partition coefficient (Wildman–Crippen LogP) is 2.72. The number of aromatic nitrogens is 2. The monoisotopic (exact) mass is 301 g/mol. The first kappa shape index (κ1) is 14.0. The van der Waals surface area contributed by atoms with E-state index in [9.17, 15) is 5.11 Å². The maximum atomic E-state index is 10.4. The minimum atomic E-state index is -0.379. The average Bonchev–Trinajstić information content (AvgIpc) is 3.04. The van der Waals surface area contributed by atoms with Crippen molar-refractivity contribution in [3.63, 3.8) is 0 Å². The number of rotatable bonds is 4. The molecule has 5 nitrogen and oxygen atoms in total. The van der Waals surface area contributed by atoms with Crippen molar-refractivity contribution in [2.75, 3.05) is 6.54 Å². The van der Waals surface area contributed by atoms with Gasteiger partial charge < -0.3 is 9.52 Å². The van der Waals surface area contributed by atoms with Crippen LogP contribution in [-0.2, 0) is 19.6 Å². The zero-order chi connectivity index (χ0) is 14.9. The Bertz CT molecular complexity index is 616. The molecule has 2 aromatic rings. The van der Waals surface area contributed by atoms with Crippen LogP contribution in [0.25, 0.3) is 0 Å². The van der Waals surface area contributed by atoms with Gasteiger partial charge >= 0.3 is 0 Å². The largest absolute Gasteiger partial charge is 0.472 e. The van der Waals surface area contributed by atoms with E-state index >= 15 is 0 Å². The Labute approximate surface area is 130 Å². The van der Waals surface area contributed by atoms with E-state index in [0.717, 1.165) is 51.1 Å². The van der Waals surface area contributed by atoms with Gasteiger partial charge in [-0.15, -0.1) is 0 Å². The lowest BCUT2D eigenvalue weighted by atomic mass is 9.80. The number of fused-ring (bicyclic) bond motifs is 1. The quantitative estimate of drug-likeness (QED) is 0.943. The van der Waals surface area contributed by atoms with Crippen LogP contribution in [0.15, 0.2) is 29.1 Å². The number of aliphatic hydroxyl groups excluding tert-OH is 1. The fourth-order valence-corrected chi connectivity index (χ4v) is 3.47. The van der Waals surface area contributed by atoms with Crippen LogP contribution in [0.2, 0.25) is 0 Å². The third-order valence-electron chi connectivity index (χ3n) is 5.00. The van der Waals surface area contributed by atoms with Gasteiger partial charge in [0.1, 0.15) is 6.10 Å². The molecular formula is C17H23N3O2. The molecule has 0 spiro atoms. The van der Waals surface area contributed by atoms with E-state index in [-0.39, 0.29) is 6.10 Å². The summed E-state index contributed by atoms with van der Waals surface area (Å²) in [5.74, 6) is 0.418. The standard InChI is InChI=1S/C17H23N3O2/c21-17(14-3-1-4-14)16-9-15-11-19(6-2-7-20(15)18-16)10-13-5-8-22-12-13/h5,8-9,12,14,17,21H,1-4,6-7,10-11H2/t17-/m0/s1. The Morgan fingerprint density at radius 1 is 1.32 bits per heavy atom. The van der Waals surface area contributed by atoms with Crippen molar-refractivity contribution in [1.29, 1.82) is 0 Å². The van der Waals surface area contributed by atoms with Crippen LogP contribution in [-0.4, -0.2) is 26.3 Å². The predicted molar refractivity (Wildman–Crippen MR) is 82.0 cm³/mol. The lowest BCUT2D eigenvalue weighted by Crippen LogP contribution is -2.22. The van der Waals surface area contributed by atoms with Gasteiger partial charge in [-0.1, -0.05) is 6.42 Å². The molecule has 0 aromatic carbocycles. The summed E-state index contributed by atoms with van der Waals surface area (Å²) in [5.41, 5.74) is 3.29. The molecule has 118 valence electrons. The van der Waals surface area contributed by atoms with Crippen molar-refractivity contribution < 1.29 is 9.52 Å². The van der Waals surface area contributed by atoms with E-state index in [0.29, 0.717) is 5.92 Å². The van der Waals surface area contributed by atoms with Crippen molar-refractivity contribution in [2.24, 2.45) is 5.92 Å². The minimum Gasteiger partial charge on any atom is -0.472 e. The lowest BCUT2D eigenvalue weighted by Gasteiger charge is -2.29. The molecule has 1 atom stereocenters. The van der Waals surface area contributed by atoms with E-state index in [1.165, 1.54) is 17.7 Å². The normalized spacial score (nSPS) is 21.1. The first-order valence-corrected chi connectivity index (χ1v) is 8.28. The highest BCUT2D eigenvalue weighted by molar-refractivity contribution is 5.15. The van der Waals surface area contributed by atoms with E-state index in [1.54, 1.807) is 6.26 Å². The van der Waals surface area contributed by atoms with Crippen LogP contribution < -0.4 is 0 Å². The van der Waals surface area contributed by atoms with Crippen molar-refractivity contribution >= 4 is 0 Å². The zero-order valence-electron chi connectivity index (χ0n) is 12.8. The second-order valence-corrected chi connectivity index (χ2v) is 6.62. The maximum absolute atomic E-state index is 10.4. The van der Waals surface area contributed by atoms with Crippen LogP contribution in [0, 0.1) is 5.92 Å². The van der Waals surface area contributed by atoms with Crippen molar-refractivity contribution in [3.05, 3.63) is 41.6 Å². The second-order valence-electron chi connectivity index (χ2n) is 6.62. The molecule has 0 amide bonds. The van der Waals surface area contributed by atoms with Crippen LogP contribution >= 0.6 is 0 Å². The van der Waals surface area contributed by atoms with E-state index in [2.05, 4.69) is 20.7 Å². The molecule has 2 aromatic heterocycles. The van der Waals surface area contributed by atoms with Gasteiger partial charge in [0.25, 0.3) is 0 Å². The topological polar surface area (TPSA) is 54.4 Å². The summed E-state index contributed by atoms with van der Waals surface area (Å²) in [6.45, 7) is 3.79. The van der Waals surface area contributed by atoms with Gasteiger partial charge in [0, 0.05) is 31.7 Å². The van der Waals surface area contributed by atoms with Crippen molar-refractivity contribution in [1.82, 2.24) is 14.7 Å². The van der Waals surface area contributed by atoms with E-state index < -0.39 is 0 Å². The third kappa shape index (κ3) is 2.71. The molecule has 22 heavy (non-hydrogen) atoms. The van der Waals surface area contributed by atoms with Crippen LogP contribution in [0.5, 0.6) is 0 Å². The Morgan fingerprint density at radius 3 is 2.95 bits per heavy atom. The molecule has 0 unspecified atom stereocenters. The van der Waals surface area contributed by atoms with Crippen LogP contribution in [0.4, 0.5) is 0 Å². The number of hydrogen-bond acceptors (Lipinski definition) is 4. The molecule has 5 heteroatoms. The van der Waals surface area contributed by atoms with Crippen LogP contribution in [0.3, 0.4) is 0 Å². The Hall–Kier alpha value is -1.59. The van der Waals surface area contributed by atoms with Gasteiger partial charge in [0.15, 0.2) is 0 Å². The Balaban J connectivity index is 1.49. The van der Waals surface area contributed by atoms with E-state index in [1.807, 2.05) is 12.3 Å². The fourth-order valence-electron chi connectivity index (χ4n) is 3.47. The third-order valence-corrected chi connectivity index (χ3v) is 5.00. The first-order valence-electron chi connectivity index (χ1n) is 8.28. The maximum Gasteiger partial charge on any atom is 0.101 e. The van der Waals surface area contributed by atoms with Gasteiger partial charge in [-0.25, -0.2) is 0 Å². The SMILES string of the molecule is O[C@H](c1cc2n(n1)CCCN(Cc1ccoc1)C2)C1CCC1. The molecule has 0 saturated heterocycles. The zero-order valence-corrected chi connectivity index (χ0v) is 12.8. The van der Waals surface area contributed by atoms with Crippen LogP contribution in [0.1, 0.15) is 48.7 Å². The Kier molecular flexibility index (Phi) is 3.76. The molecular weight excluding hydrogens is 278 g/mol. The number of furan rings is 1. The van der Waals surface area contributed by atoms with Gasteiger partial charge in [-0.05, 0) is 37.3 Å². The van der Waals surface area contributed by atoms with Crippen molar-refractivity contribution in [3.8, 4) is 0 Å². The molecule has 1 saturated carbocycles. The summed E-state index contributed by atoms with van der Waals surface area (Å²) in [5, 5.41) is 15.1. The lowest BCUT2D eigenvalue weighted by molar-refractivity contribution is 0.0581. The van der Waals surface area contributed by atoms with Gasteiger partial charge in [-0.3, -0.25) is 9.58 Å². The molecule has 0 radical (unpaired) electrons. The summed E-state index contributed by atoms with van der Waals surface area (Å²) in [6, 6.07) is 4.13. The number of aliphatic hydroxyl groups is 1. The van der Waals surface area contributed by atoms with Gasteiger partial charge in [-0.2, -0.15) is 5.10 Å². The molecule has 0 bridgehead atoms. The summed E-state index contributed by atoms with van der Waals surface area (Å²) < 4.78 is 7.25. The number of hydrogen-bond donors (Lipinski definition) is 1. The highest BCUT2D eigenvalue weighted by Gasteiger charge is 2.29. The molecule has 4 rings (SSSR count). The smallest absolute Gasteiger partial charge is 0.101 e. The molecule has 1 aliphatic heterocycles. The molecule has 1 N–H and O–H groups in total. The summed E-state index contributed by atoms with van der Waals surface area (Å²) in [6.07, 6.45) is 7.76. The summed E-state index contributed by atoms with van der Waals surface area (Å²) in [7, 11) is 0. The Morgan fingerprint density at radius 2 is 2.23 bits per heavy atom. The van der Waals surface area contributed by atoms with Crippen molar-refractivity contribution in [2.45, 2.75) is 51.4 Å². The first-order chi connectivity index (χ1) is 10.8. The molecule has 3 heterocycles. The molecule has 2 aliphatic rings. The number of nitrogens with zero attached hydrogens (tertiary/aromatic N) is 3. The highest BCUT2D eigenvalue weighted by atomic mass is 16.3. The van der Waals surface area contributed by atoms with E-state index in [4.69, 9.17) is 4.42 Å². The number of aryl methyl sites for hydroxylation is 1.